The number of hydrogen-bond acceptors (Lipinski definition) is 2. The van der Waals surface area contributed by atoms with Crippen molar-refractivity contribution in [2.24, 2.45) is 0 Å². The van der Waals surface area contributed by atoms with Crippen LogP contribution in [0.3, 0.4) is 0 Å². The quantitative estimate of drug-likeness (QED) is 0.303. The fourth-order valence-electron chi connectivity index (χ4n) is 0. The molecule has 0 unspecified atom stereocenters. The minimum absolute atomic E-state index is 0. The Morgan fingerprint density at radius 1 is 0.833 bits per heavy atom. The second kappa shape index (κ2) is 81.4. The Hall–Kier alpha value is 3.81. The molecule has 0 bridgehead atoms. The largest absolute Gasteiger partial charge is 2.00 e. The van der Waals surface area contributed by atoms with E-state index in [2.05, 4.69) is 40.5 Å². The van der Waals surface area contributed by atoms with Crippen molar-refractivity contribution in [3.63, 3.8) is 0 Å². The van der Waals surface area contributed by atoms with E-state index in [4.69, 9.17) is 39.7 Å². The van der Waals surface area contributed by atoms with Gasteiger partial charge in [-0.05, 0) is 13.8 Å². The molecule has 12 heteroatoms. The molecule has 0 aromatic rings. The van der Waals surface area contributed by atoms with Gasteiger partial charge in [-0.2, -0.15) is 26.7 Å². The van der Waals surface area contributed by atoms with Gasteiger partial charge in [-0.3, -0.25) is 0 Å². The van der Waals surface area contributed by atoms with E-state index >= 15 is 0 Å². The normalized spacial score (nSPS) is 5.17. The molecule has 0 saturated carbocycles. The summed E-state index contributed by atoms with van der Waals surface area (Å²) in [4.78, 5) is 18.2. The van der Waals surface area contributed by atoms with E-state index in [1.807, 2.05) is 0 Å². The Morgan fingerprint density at radius 2 is 0.875 bits per heavy atom. The molecule has 2 amide bonds. The van der Waals surface area contributed by atoms with Crippen LogP contribution < -0.4 is 0 Å². The summed E-state index contributed by atoms with van der Waals surface area (Å²) in [5, 5.41) is 0. The molecule has 136 valence electrons. The Balaban J connectivity index is -0.0000000122. The molecule has 0 heterocycles. The van der Waals surface area contributed by atoms with Crippen LogP contribution in [0.15, 0.2) is 0 Å². The summed E-state index contributed by atoms with van der Waals surface area (Å²) < 4.78 is 0. The van der Waals surface area contributed by atoms with Crippen LogP contribution >= 0.6 is 18.6 Å². The molecule has 0 aliphatic carbocycles. The summed E-state index contributed by atoms with van der Waals surface area (Å²) in [7, 11) is 9.78. The van der Waals surface area contributed by atoms with Gasteiger partial charge in [-0.1, -0.05) is 13.8 Å². The summed E-state index contributed by atoms with van der Waals surface area (Å²) in [6.07, 6.45) is 6.64. The van der Waals surface area contributed by atoms with E-state index in [1.54, 1.807) is 0 Å². The van der Waals surface area contributed by atoms with Gasteiger partial charge < -0.3 is 33.9 Å². The molecule has 0 aromatic carbocycles. The molecule has 0 spiro atoms. The smallest absolute Gasteiger partial charge is 0 e. The maximum absolute atomic E-state index is 9.11. The molecular formula is C12H26Cl2N2O2Ti6-2. The molecule has 0 fully saturated rings. The molecule has 0 radical (unpaired) electrons. The van der Waals surface area contributed by atoms with Crippen molar-refractivity contribution < 1.29 is 135 Å². The number of hydrogen-bond donors (Lipinski definition) is 0. The van der Waals surface area contributed by atoms with Gasteiger partial charge >= 0.3 is 57.4 Å². The Morgan fingerprint density at radius 3 is 0.875 bits per heavy atom. The molecule has 4 nitrogen and oxygen atoms in total. The number of unbranched alkanes of at least 4 members (excludes halogenated alkanes) is 2. The zero-order valence-electron chi connectivity index (χ0n) is 15.1. The van der Waals surface area contributed by atoms with Gasteiger partial charge in [0, 0.05) is 98.7 Å². The van der Waals surface area contributed by atoms with Gasteiger partial charge in [0.05, 0.1) is 0 Å². The Kier molecular flexibility index (Phi) is 214. The summed E-state index contributed by atoms with van der Waals surface area (Å²) >= 11 is -0.556. The first-order valence-corrected chi connectivity index (χ1v) is 9.97. The third kappa shape index (κ3) is 471. The van der Waals surface area contributed by atoms with Crippen LogP contribution in [0.4, 0.5) is 0 Å². The van der Waals surface area contributed by atoms with E-state index in [0.717, 1.165) is 0 Å². The average Bonchev–Trinajstić information content (AvgIpc) is 2.28. The van der Waals surface area contributed by atoms with Crippen molar-refractivity contribution in [2.75, 3.05) is 0 Å². The monoisotopic (exact) mass is 588 g/mol. The molecule has 0 rings (SSSR count). The van der Waals surface area contributed by atoms with E-state index in [-0.39, 0.29) is 109 Å². The van der Waals surface area contributed by atoms with Crippen LogP contribution in [0.25, 0.3) is 11.5 Å². The van der Waals surface area contributed by atoms with Gasteiger partial charge in [-0.25, -0.2) is 0 Å². The van der Waals surface area contributed by atoms with Gasteiger partial charge in [0.25, 0.3) is 0 Å². The second-order valence-electron chi connectivity index (χ2n) is 2.82. The van der Waals surface area contributed by atoms with E-state index < -0.39 is 28.8 Å². The fraction of sp³-hybridized carbons (Fsp3) is 0.667. The average molecular weight is 588 g/mol. The van der Waals surface area contributed by atoms with Crippen LogP contribution in [0.5, 0.6) is 0 Å². The molecule has 2 N–H and O–H groups in total. The molecule has 0 saturated heterocycles. The second-order valence-corrected chi connectivity index (χ2v) is 5.40. The van der Waals surface area contributed by atoms with Crippen LogP contribution in [-0.4, -0.2) is 11.8 Å². The zero-order valence-corrected chi connectivity index (χ0v) is 26.0. The van der Waals surface area contributed by atoms with Crippen LogP contribution in [0.2, 0.25) is 0 Å². The van der Waals surface area contributed by atoms with Gasteiger partial charge in [-0.15, -0.1) is 0 Å². The number of rotatable bonds is 2. The third-order valence-electron chi connectivity index (χ3n) is 0.816. The summed E-state index contributed by atoms with van der Waals surface area (Å²) in [5.41, 5.74) is 11.9. The number of carbonyl (C=O) groups is 2. The number of amides is 2. The van der Waals surface area contributed by atoms with Crippen molar-refractivity contribution in [1.29, 1.82) is 0 Å². The summed E-state index contributed by atoms with van der Waals surface area (Å²) in [5.74, 6) is -1.17. The first-order valence-electron chi connectivity index (χ1n) is 5.67. The van der Waals surface area contributed by atoms with Crippen molar-refractivity contribution in [2.45, 2.75) is 54.4 Å². The molecule has 24 heavy (non-hydrogen) atoms. The van der Waals surface area contributed by atoms with Gasteiger partial charge in [0.1, 0.15) is 0 Å². The fourth-order valence-corrected chi connectivity index (χ4v) is 0. The molecule has 0 atom stereocenters. The maximum atomic E-state index is 9.11. The first-order chi connectivity index (χ1) is 8.71. The molecule has 0 aliphatic rings. The minimum atomic E-state index is -0.583. The summed E-state index contributed by atoms with van der Waals surface area (Å²) in [6, 6.07) is 0. The van der Waals surface area contributed by atoms with Crippen molar-refractivity contribution in [1.82, 2.24) is 0 Å². The topological polar surface area (TPSA) is 81.7 Å². The van der Waals surface area contributed by atoms with Crippen LogP contribution in [0, 0.1) is 12.8 Å². The minimum Gasteiger partial charge on any atom is 0 e. The zero-order chi connectivity index (χ0) is 16.7. The third-order valence-corrected chi connectivity index (χ3v) is 0.816. The van der Waals surface area contributed by atoms with Gasteiger partial charge in [0.2, 0.25) is 0 Å². The molecular weight excluding hydrogens is 562 g/mol. The van der Waals surface area contributed by atoms with Gasteiger partial charge in [0.15, 0.2) is 0 Å². The van der Waals surface area contributed by atoms with Crippen molar-refractivity contribution in [3.8, 4) is 0 Å². The summed E-state index contributed by atoms with van der Waals surface area (Å²) in [6.45, 7) is 10.8. The van der Waals surface area contributed by atoms with E-state index in [0.29, 0.717) is 0 Å². The number of nitrogens with one attached hydrogen (secondary N) is 2. The van der Waals surface area contributed by atoms with Crippen LogP contribution in [0.1, 0.15) is 54.4 Å². The molecule has 0 aromatic heterocycles. The predicted molar refractivity (Wildman–Crippen MR) is 82.2 cm³/mol. The molecule has 0 aliphatic heterocycles. The van der Waals surface area contributed by atoms with E-state index in [1.165, 1.54) is 26.7 Å². The van der Waals surface area contributed by atoms with Crippen molar-refractivity contribution >= 4 is 30.4 Å². The maximum Gasteiger partial charge on any atom is 2.00 e. The Labute approximate surface area is 240 Å². The SMILES string of the molecule is CC([NH-])=O.CC([NH-])=O.C[CH-]CC.C[CH-]CC.[Cl][Ti][Cl].[Ti+2].[Ti].[Ti].[Ti].[Ti]. The predicted octanol–water partition coefficient (Wildman–Crippen LogP) is 5.78. The number of carbonyl (C=O) groups excluding carboxylic acids is 2. The standard InChI is InChI=1S/2C4H9.2C2H5NO.2ClH.6Ti/c2*1-3-4-2;2*1-2(3)4;;;;;;;;/h2*3H,4H2,1-2H3;2*1H3,(H2,3,4);2*1H;;;;;;/q2*-1;;;;;;;;;2*+2/p-4. The first kappa shape index (κ1) is 63.0. The van der Waals surface area contributed by atoms with E-state index in [9.17, 15) is 0 Å². The van der Waals surface area contributed by atoms with Crippen molar-refractivity contribution in [3.05, 3.63) is 24.3 Å². The Bertz CT molecular complexity index is 148. The van der Waals surface area contributed by atoms with Crippen LogP contribution in [-0.2, 0) is 135 Å². The number of halogens is 2.